The maximum atomic E-state index is 12.9. The van der Waals surface area contributed by atoms with Crippen molar-refractivity contribution in [3.05, 3.63) is 77.7 Å². The van der Waals surface area contributed by atoms with E-state index < -0.39 is 0 Å². The van der Waals surface area contributed by atoms with E-state index in [1.165, 1.54) is 24.2 Å². The smallest absolute Gasteiger partial charge is 0.259 e. The number of hydrogen-bond acceptors (Lipinski definition) is 7. The third-order valence-electron chi connectivity index (χ3n) is 4.74. The molecule has 0 aliphatic heterocycles. The Morgan fingerprint density at radius 3 is 2.94 bits per heavy atom. The Morgan fingerprint density at radius 2 is 2.16 bits per heavy atom. The minimum absolute atomic E-state index is 0.266. The van der Waals surface area contributed by atoms with Gasteiger partial charge in [0, 0.05) is 24.7 Å². The van der Waals surface area contributed by atoms with Crippen LogP contribution in [0.25, 0.3) is 11.3 Å². The summed E-state index contributed by atoms with van der Waals surface area (Å²) < 4.78 is 10.4. The van der Waals surface area contributed by atoms with Crippen LogP contribution in [-0.4, -0.2) is 52.4 Å². The van der Waals surface area contributed by atoms with E-state index in [0.717, 1.165) is 11.3 Å². The number of carbonyl (C=O) groups excluding carboxylic acids is 1. The molecule has 4 heterocycles. The SMILES string of the molecule is COc1cc(-n2cnnn2)c(Cl)cc1C(=O)Nc1cnn(Cc2cn3ccccc3n2)c1. The summed E-state index contributed by atoms with van der Waals surface area (Å²) in [5.41, 5.74) is 3.00. The fourth-order valence-corrected chi connectivity index (χ4v) is 3.53. The molecule has 0 spiro atoms. The fourth-order valence-electron chi connectivity index (χ4n) is 3.28. The Kier molecular flexibility index (Phi) is 5.00. The van der Waals surface area contributed by atoms with Crippen molar-refractivity contribution < 1.29 is 9.53 Å². The standard InChI is InChI=1S/C20H16ClN9O2/c1-32-18-7-17(30-12-22-26-27-30)16(21)6-15(18)20(31)25-13-8-23-29(10-13)11-14-9-28-5-3-2-4-19(28)24-14/h2-10,12H,11H2,1H3,(H,25,31). The highest BCUT2D eigenvalue weighted by atomic mass is 35.5. The van der Waals surface area contributed by atoms with Crippen LogP contribution in [0.2, 0.25) is 5.02 Å². The number of nitrogens with one attached hydrogen (secondary N) is 1. The molecule has 0 saturated carbocycles. The predicted octanol–water partition coefficient (Wildman–Crippen LogP) is 2.47. The summed E-state index contributed by atoms with van der Waals surface area (Å²) in [4.78, 5) is 17.4. The number of imidazole rings is 1. The number of fused-ring (bicyclic) bond motifs is 1. The molecule has 160 valence electrons. The number of benzene rings is 1. The molecule has 0 atom stereocenters. The lowest BCUT2D eigenvalue weighted by Crippen LogP contribution is -2.13. The maximum absolute atomic E-state index is 12.9. The quantitative estimate of drug-likeness (QED) is 0.423. The fraction of sp³-hybridized carbons (Fsp3) is 0.100. The number of anilines is 1. The van der Waals surface area contributed by atoms with Crippen molar-refractivity contribution >= 4 is 28.8 Å². The van der Waals surface area contributed by atoms with Gasteiger partial charge in [-0.1, -0.05) is 17.7 Å². The predicted molar refractivity (Wildman–Crippen MR) is 115 cm³/mol. The number of methoxy groups -OCH3 is 1. The molecular formula is C20H16ClN9O2. The Morgan fingerprint density at radius 1 is 1.25 bits per heavy atom. The molecule has 5 rings (SSSR count). The number of pyridine rings is 1. The Labute approximate surface area is 186 Å². The third kappa shape index (κ3) is 3.76. The number of tetrazole rings is 1. The van der Waals surface area contributed by atoms with Gasteiger partial charge in [0.25, 0.3) is 5.91 Å². The van der Waals surface area contributed by atoms with E-state index in [4.69, 9.17) is 16.3 Å². The summed E-state index contributed by atoms with van der Waals surface area (Å²) in [6.45, 7) is 0.466. The molecule has 0 fully saturated rings. The molecule has 12 heteroatoms. The number of ether oxygens (including phenoxy) is 1. The topological polar surface area (TPSA) is 117 Å². The van der Waals surface area contributed by atoms with Crippen LogP contribution < -0.4 is 10.1 Å². The molecule has 0 unspecified atom stereocenters. The summed E-state index contributed by atoms with van der Waals surface area (Å²) in [5, 5.41) is 18.4. The van der Waals surface area contributed by atoms with Gasteiger partial charge in [0.2, 0.25) is 0 Å². The van der Waals surface area contributed by atoms with Crippen molar-refractivity contribution in [2.45, 2.75) is 6.54 Å². The number of halogens is 1. The molecule has 1 aromatic carbocycles. The number of amides is 1. The van der Waals surface area contributed by atoms with Crippen molar-refractivity contribution in [3.63, 3.8) is 0 Å². The zero-order valence-corrected chi connectivity index (χ0v) is 17.5. The number of nitrogens with zero attached hydrogens (tertiary/aromatic N) is 8. The minimum Gasteiger partial charge on any atom is -0.496 e. The monoisotopic (exact) mass is 449 g/mol. The molecule has 1 amide bonds. The molecule has 4 aromatic heterocycles. The number of rotatable bonds is 6. The van der Waals surface area contributed by atoms with E-state index in [9.17, 15) is 4.79 Å². The molecule has 0 bridgehead atoms. The molecular weight excluding hydrogens is 434 g/mol. The van der Waals surface area contributed by atoms with E-state index in [-0.39, 0.29) is 11.5 Å². The van der Waals surface area contributed by atoms with Crippen molar-refractivity contribution in [2.24, 2.45) is 0 Å². The van der Waals surface area contributed by atoms with Crippen LogP contribution in [0.1, 0.15) is 16.1 Å². The average molecular weight is 450 g/mol. The van der Waals surface area contributed by atoms with Crippen LogP contribution in [0.15, 0.2) is 61.4 Å². The number of carbonyl (C=O) groups is 1. The lowest BCUT2D eigenvalue weighted by atomic mass is 10.1. The molecule has 0 radical (unpaired) electrons. The third-order valence-corrected chi connectivity index (χ3v) is 5.04. The highest BCUT2D eigenvalue weighted by Crippen LogP contribution is 2.30. The maximum Gasteiger partial charge on any atom is 0.259 e. The highest BCUT2D eigenvalue weighted by Gasteiger charge is 2.18. The Bertz CT molecular complexity index is 1380. The summed E-state index contributed by atoms with van der Waals surface area (Å²) in [7, 11) is 1.47. The zero-order chi connectivity index (χ0) is 22.1. The largest absolute Gasteiger partial charge is 0.496 e. The van der Waals surface area contributed by atoms with E-state index in [0.29, 0.717) is 28.7 Å². The minimum atomic E-state index is -0.390. The number of hydrogen-bond donors (Lipinski definition) is 1. The summed E-state index contributed by atoms with van der Waals surface area (Å²) in [6.07, 6.45) is 8.57. The van der Waals surface area contributed by atoms with E-state index in [2.05, 4.69) is 30.9 Å². The summed E-state index contributed by atoms with van der Waals surface area (Å²) in [6, 6.07) is 8.91. The van der Waals surface area contributed by atoms with Crippen LogP contribution >= 0.6 is 11.6 Å². The molecule has 11 nitrogen and oxygen atoms in total. The van der Waals surface area contributed by atoms with Crippen molar-refractivity contribution in [1.29, 1.82) is 0 Å². The first kappa shape index (κ1) is 19.7. The van der Waals surface area contributed by atoms with Crippen LogP contribution in [0.3, 0.4) is 0 Å². The van der Waals surface area contributed by atoms with Gasteiger partial charge in [-0.25, -0.2) is 4.98 Å². The average Bonchev–Trinajstić information content (AvgIpc) is 3.54. The van der Waals surface area contributed by atoms with Gasteiger partial charge in [-0.3, -0.25) is 9.48 Å². The van der Waals surface area contributed by atoms with Crippen LogP contribution in [0, 0.1) is 0 Å². The second-order valence-electron chi connectivity index (χ2n) is 6.84. The van der Waals surface area contributed by atoms with Gasteiger partial charge >= 0.3 is 0 Å². The van der Waals surface area contributed by atoms with Gasteiger partial charge in [-0.05, 0) is 28.6 Å². The molecule has 0 aliphatic carbocycles. The lowest BCUT2D eigenvalue weighted by Gasteiger charge is -2.12. The second-order valence-corrected chi connectivity index (χ2v) is 7.24. The highest BCUT2D eigenvalue weighted by molar-refractivity contribution is 6.33. The molecule has 5 aromatic rings. The first-order valence-electron chi connectivity index (χ1n) is 9.48. The van der Waals surface area contributed by atoms with Crippen LogP contribution in [0.4, 0.5) is 5.69 Å². The van der Waals surface area contributed by atoms with Crippen LogP contribution in [0.5, 0.6) is 5.75 Å². The lowest BCUT2D eigenvalue weighted by molar-refractivity contribution is 0.102. The molecule has 1 N–H and O–H groups in total. The Balaban J connectivity index is 1.34. The van der Waals surface area contributed by atoms with Crippen molar-refractivity contribution in [2.75, 3.05) is 12.4 Å². The summed E-state index contributed by atoms with van der Waals surface area (Å²) in [5.74, 6) is -0.0613. The first-order valence-corrected chi connectivity index (χ1v) is 9.86. The molecule has 32 heavy (non-hydrogen) atoms. The number of aromatic nitrogens is 8. The van der Waals surface area contributed by atoms with E-state index >= 15 is 0 Å². The second kappa shape index (κ2) is 8.12. The van der Waals surface area contributed by atoms with Gasteiger partial charge in [0.05, 0.1) is 47.5 Å². The van der Waals surface area contributed by atoms with Gasteiger partial charge in [0.15, 0.2) is 0 Å². The van der Waals surface area contributed by atoms with Gasteiger partial charge < -0.3 is 14.5 Å². The van der Waals surface area contributed by atoms with E-state index in [1.54, 1.807) is 23.1 Å². The van der Waals surface area contributed by atoms with Gasteiger partial charge in [-0.15, -0.1) is 5.10 Å². The summed E-state index contributed by atoms with van der Waals surface area (Å²) >= 11 is 6.35. The molecule has 0 saturated heterocycles. The van der Waals surface area contributed by atoms with Crippen molar-refractivity contribution in [1.82, 2.24) is 39.4 Å². The zero-order valence-electron chi connectivity index (χ0n) is 16.8. The van der Waals surface area contributed by atoms with E-state index in [1.807, 2.05) is 35.0 Å². The van der Waals surface area contributed by atoms with Gasteiger partial charge in [-0.2, -0.15) is 9.78 Å². The molecule has 0 aliphatic rings. The van der Waals surface area contributed by atoms with Gasteiger partial charge in [0.1, 0.15) is 17.7 Å². The normalized spacial score (nSPS) is 11.1. The Hall–Kier alpha value is -4.25. The first-order chi connectivity index (χ1) is 15.6. The van der Waals surface area contributed by atoms with Crippen LogP contribution in [-0.2, 0) is 6.54 Å². The van der Waals surface area contributed by atoms with Crippen molar-refractivity contribution in [3.8, 4) is 11.4 Å².